The Morgan fingerprint density at radius 2 is 1.76 bits per heavy atom. The van der Waals surface area contributed by atoms with Gasteiger partial charge in [0.05, 0.1) is 0 Å². The molecule has 2 saturated carbocycles. The van der Waals surface area contributed by atoms with Crippen LogP contribution in [0.15, 0.2) is 0 Å². The fourth-order valence-electron chi connectivity index (χ4n) is 4.82. The van der Waals surface area contributed by atoms with E-state index in [0.717, 1.165) is 25.2 Å². The maximum atomic E-state index is 5.46. The zero-order valence-electron chi connectivity index (χ0n) is 11.6. The van der Waals surface area contributed by atoms with Crippen LogP contribution in [0.3, 0.4) is 0 Å². The lowest BCUT2D eigenvalue weighted by Gasteiger charge is -2.45. The Bertz CT molecular complexity index is 291. The molecule has 2 aliphatic carbocycles. The number of hydrogen-bond donors (Lipinski definition) is 1. The topological polar surface area (TPSA) is 21.3 Å². The van der Waals surface area contributed by atoms with Gasteiger partial charge in [0, 0.05) is 25.3 Å². The Morgan fingerprint density at radius 1 is 1.06 bits per heavy atom. The van der Waals surface area contributed by atoms with Crippen LogP contribution in [-0.4, -0.2) is 25.3 Å². The van der Waals surface area contributed by atoms with Crippen molar-refractivity contribution >= 4 is 0 Å². The van der Waals surface area contributed by atoms with E-state index in [2.05, 4.69) is 26.1 Å². The highest BCUT2D eigenvalue weighted by atomic mass is 16.5. The first kappa shape index (κ1) is 12.0. The summed E-state index contributed by atoms with van der Waals surface area (Å²) in [4.78, 5) is 0. The first-order valence-electron chi connectivity index (χ1n) is 7.36. The molecule has 1 aliphatic heterocycles. The lowest BCUT2D eigenvalue weighted by molar-refractivity contribution is 0.0462. The van der Waals surface area contributed by atoms with Gasteiger partial charge in [0.15, 0.2) is 0 Å². The molecule has 17 heavy (non-hydrogen) atoms. The Labute approximate surface area is 105 Å². The number of ether oxygens (including phenoxy) is 1. The van der Waals surface area contributed by atoms with Gasteiger partial charge in [0.2, 0.25) is 0 Å². The van der Waals surface area contributed by atoms with Crippen LogP contribution in [0.1, 0.15) is 52.9 Å². The molecule has 3 rings (SSSR count). The van der Waals surface area contributed by atoms with Gasteiger partial charge in [-0.1, -0.05) is 20.8 Å². The molecule has 0 aromatic carbocycles. The second kappa shape index (κ2) is 3.96. The molecule has 3 fully saturated rings. The molecule has 1 saturated heterocycles. The van der Waals surface area contributed by atoms with Gasteiger partial charge in [0.1, 0.15) is 0 Å². The average Bonchev–Trinajstić information content (AvgIpc) is 2.77. The van der Waals surface area contributed by atoms with Gasteiger partial charge in [-0.3, -0.25) is 0 Å². The summed E-state index contributed by atoms with van der Waals surface area (Å²) in [5.74, 6) is 0.949. The quantitative estimate of drug-likeness (QED) is 0.797. The molecule has 2 nitrogen and oxygen atoms in total. The van der Waals surface area contributed by atoms with Gasteiger partial charge < -0.3 is 10.1 Å². The van der Waals surface area contributed by atoms with Crippen LogP contribution >= 0.6 is 0 Å². The van der Waals surface area contributed by atoms with Crippen LogP contribution in [0.2, 0.25) is 0 Å². The van der Waals surface area contributed by atoms with E-state index < -0.39 is 0 Å². The van der Waals surface area contributed by atoms with E-state index >= 15 is 0 Å². The third kappa shape index (κ3) is 1.84. The van der Waals surface area contributed by atoms with E-state index in [4.69, 9.17) is 4.74 Å². The van der Waals surface area contributed by atoms with Crippen LogP contribution in [0.5, 0.6) is 0 Å². The average molecular weight is 237 g/mol. The van der Waals surface area contributed by atoms with E-state index in [1.54, 1.807) is 0 Å². The van der Waals surface area contributed by atoms with Crippen molar-refractivity contribution in [2.45, 2.75) is 65.0 Å². The molecule has 0 aromatic rings. The molecule has 2 bridgehead atoms. The maximum absolute atomic E-state index is 5.46. The van der Waals surface area contributed by atoms with Crippen LogP contribution in [0.25, 0.3) is 0 Å². The van der Waals surface area contributed by atoms with Crippen molar-refractivity contribution in [3.63, 3.8) is 0 Å². The molecule has 0 radical (unpaired) electrons. The second-order valence-corrected chi connectivity index (χ2v) is 7.40. The minimum atomic E-state index is 0.491. The summed E-state index contributed by atoms with van der Waals surface area (Å²) in [7, 11) is 0. The largest absolute Gasteiger partial charge is 0.381 e. The highest BCUT2D eigenvalue weighted by Gasteiger charge is 2.59. The van der Waals surface area contributed by atoms with Crippen molar-refractivity contribution in [3.05, 3.63) is 0 Å². The Balaban J connectivity index is 1.73. The number of rotatable bonds is 2. The lowest BCUT2D eigenvalue weighted by atomic mass is 9.68. The van der Waals surface area contributed by atoms with Crippen molar-refractivity contribution < 1.29 is 4.74 Å². The summed E-state index contributed by atoms with van der Waals surface area (Å²) in [6, 6.07) is 1.42. The maximum Gasteiger partial charge on any atom is 0.0480 e. The molecule has 98 valence electrons. The Kier molecular flexibility index (Phi) is 2.79. The smallest absolute Gasteiger partial charge is 0.0480 e. The molecule has 0 aromatic heterocycles. The van der Waals surface area contributed by atoms with Crippen LogP contribution in [0.4, 0.5) is 0 Å². The summed E-state index contributed by atoms with van der Waals surface area (Å²) in [6.45, 7) is 9.38. The summed E-state index contributed by atoms with van der Waals surface area (Å²) in [5, 5.41) is 4.00. The minimum Gasteiger partial charge on any atom is -0.381 e. The summed E-state index contributed by atoms with van der Waals surface area (Å²) >= 11 is 0. The van der Waals surface area contributed by atoms with E-state index in [1.807, 2.05) is 0 Å². The Hall–Kier alpha value is -0.0800. The van der Waals surface area contributed by atoms with Crippen LogP contribution < -0.4 is 5.32 Å². The van der Waals surface area contributed by atoms with Crippen molar-refractivity contribution in [2.75, 3.05) is 13.2 Å². The monoisotopic (exact) mass is 237 g/mol. The van der Waals surface area contributed by atoms with Gasteiger partial charge >= 0.3 is 0 Å². The number of nitrogens with one attached hydrogen (secondary N) is 1. The molecule has 2 heteroatoms. The van der Waals surface area contributed by atoms with Crippen molar-refractivity contribution in [3.8, 4) is 0 Å². The standard InChI is InChI=1S/C15H27NO/c1-14(2)11-4-7-15(3,10-11)13(14)16-12-5-8-17-9-6-12/h11-13,16H,4-10H2,1-3H3/t11-,13?,15+/m0/s1. The zero-order chi connectivity index (χ0) is 12.1. The zero-order valence-corrected chi connectivity index (χ0v) is 11.6. The molecule has 1 heterocycles. The number of fused-ring (bicyclic) bond motifs is 2. The molecule has 3 atom stereocenters. The van der Waals surface area contributed by atoms with E-state index in [1.165, 1.54) is 32.1 Å². The predicted octanol–water partition coefficient (Wildman–Crippen LogP) is 2.97. The number of hydrogen-bond acceptors (Lipinski definition) is 2. The third-order valence-electron chi connectivity index (χ3n) is 5.89. The minimum absolute atomic E-state index is 0.491. The predicted molar refractivity (Wildman–Crippen MR) is 70.0 cm³/mol. The highest BCUT2D eigenvalue weighted by Crippen LogP contribution is 2.62. The summed E-state index contributed by atoms with van der Waals surface area (Å²) < 4.78 is 5.46. The summed E-state index contributed by atoms with van der Waals surface area (Å²) in [6.07, 6.45) is 6.74. The normalized spacial score (nSPS) is 45.4. The molecule has 0 amide bonds. The van der Waals surface area contributed by atoms with Gasteiger partial charge in [0.25, 0.3) is 0 Å². The first-order chi connectivity index (χ1) is 8.02. The lowest BCUT2D eigenvalue weighted by Crippen LogP contribution is -2.54. The second-order valence-electron chi connectivity index (χ2n) is 7.40. The molecular formula is C15H27NO. The van der Waals surface area contributed by atoms with E-state index in [-0.39, 0.29) is 0 Å². The highest BCUT2D eigenvalue weighted by molar-refractivity contribution is 5.12. The van der Waals surface area contributed by atoms with Crippen molar-refractivity contribution in [1.82, 2.24) is 5.32 Å². The fourth-order valence-corrected chi connectivity index (χ4v) is 4.82. The van der Waals surface area contributed by atoms with Gasteiger partial charge in [-0.25, -0.2) is 0 Å². The summed E-state index contributed by atoms with van der Waals surface area (Å²) in [5.41, 5.74) is 1.05. The first-order valence-corrected chi connectivity index (χ1v) is 7.36. The third-order valence-corrected chi connectivity index (χ3v) is 5.89. The SMILES string of the molecule is CC1(C)C(NC2CCOCC2)[C@]2(C)CC[C@H]1C2. The molecule has 0 spiro atoms. The molecule has 1 N–H and O–H groups in total. The van der Waals surface area contributed by atoms with Crippen LogP contribution in [0, 0.1) is 16.7 Å². The van der Waals surface area contributed by atoms with Crippen LogP contribution in [-0.2, 0) is 4.74 Å². The Morgan fingerprint density at radius 3 is 2.35 bits per heavy atom. The molecule has 3 aliphatic rings. The fraction of sp³-hybridized carbons (Fsp3) is 1.00. The van der Waals surface area contributed by atoms with E-state index in [0.29, 0.717) is 16.9 Å². The van der Waals surface area contributed by atoms with E-state index in [9.17, 15) is 0 Å². The van der Waals surface area contributed by atoms with Gasteiger partial charge in [-0.15, -0.1) is 0 Å². The molecular weight excluding hydrogens is 210 g/mol. The van der Waals surface area contributed by atoms with Crippen molar-refractivity contribution in [2.24, 2.45) is 16.7 Å². The van der Waals surface area contributed by atoms with Gasteiger partial charge in [-0.2, -0.15) is 0 Å². The van der Waals surface area contributed by atoms with Gasteiger partial charge in [-0.05, 0) is 48.9 Å². The molecule has 1 unspecified atom stereocenters. The van der Waals surface area contributed by atoms with Crippen molar-refractivity contribution in [1.29, 1.82) is 0 Å².